The SMILES string of the molecule is Cl.Cl.Nc1ccc(NC(=O)CN2CCC(Cc3ccccc3)CC2)cc1. The maximum atomic E-state index is 12.2. The summed E-state index contributed by atoms with van der Waals surface area (Å²) in [5.74, 6) is 0.769. The van der Waals surface area contributed by atoms with Gasteiger partial charge < -0.3 is 11.1 Å². The Labute approximate surface area is 168 Å². The number of nitrogens with one attached hydrogen (secondary N) is 1. The third-order valence-corrected chi connectivity index (χ3v) is 4.64. The molecule has 0 radical (unpaired) electrons. The third-order valence-electron chi connectivity index (χ3n) is 4.64. The van der Waals surface area contributed by atoms with Crippen LogP contribution in [0.1, 0.15) is 18.4 Å². The van der Waals surface area contributed by atoms with Gasteiger partial charge in [-0.1, -0.05) is 30.3 Å². The van der Waals surface area contributed by atoms with Crippen LogP contribution in [-0.2, 0) is 11.2 Å². The van der Waals surface area contributed by atoms with Gasteiger partial charge in [0.25, 0.3) is 0 Å². The monoisotopic (exact) mass is 395 g/mol. The molecule has 1 amide bonds. The Kier molecular flexibility index (Phi) is 9.49. The molecule has 0 atom stereocenters. The fraction of sp³-hybridized carbons (Fsp3) is 0.350. The Bertz CT molecular complexity index is 657. The molecule has 0 aromatic heterocycles. The average Bonchev–Trinajstić information content (AvgIpc) is 2.60. The molecule has 1 heterocycles. The van der Waals surface area contributed by atoms with E-state index in [1.54, 1.807) is 12.1 Å². The molecule has 2 aromatic carbocycles. The fourth-order valence-corrected chi connectivity index (χ4v) is 3.27. The molecular formula is C20H27Cl2N3O. The van der Waals surface area contributed by atoms with Crippen molar-refractivity contribution in [1.29, 1.82) is 0 Å². The Morgan fingerprint density at radius 1 is 1.00 bits per heavy atom. The maximum absolute atomic E-state index is 12.2. The van der Waals surface area contributed by atoms with Crippen molar-refractivity contribution in [2.75, 3.05) is 30.7 Å². The van der Waals surface area contributed by atoms with E-state index in [9.17, 15) is 4.79 Å². The summed E-state index contributed by atoms with van der Waals surface area (Å²) in [7, 11) is 0. The van der Waals surface area contributed by atoms with Gasteiger partial charge in [0.1, 0.15) is 0 Å². The number of rotatable bonds is 5. The molecular weight excluding hydrogens is 369 g/mol. The van der Waals surface area contributed by atoms with Gasteiger partial charge >= 0.3 is 0 Å². The lowest BCUT2D eigenvalue weighted by atomic mass is 9.90. The predicted octanol–water partition coefficient (Wildman–Crippen LogP) is 4.01. The highest BCUT2D eigenvalue weighted by atomic mass is 35.5. The van der Waals surface area contributed by atoms with Gasteiger partial charge in [-0.05, 0) is 68.1 Å². The first kappa shape index (κ1) is 22.3. The molecule has 1 fully saturated rings. The van der Waals surface area contributed by atoms with Gasteiger partial charge in [-0.15, -0.1) is 24.8 Å². The number of nitrogen functional groups attached to an aromatic ring is 1. The zero-order valence-electron chi connectivity index (χ0n) is 14.8. The number of likely N-dealkylation sites (tertiary alicyclic amines) is 1. The zero-order chi connectivity index (χ0) is 16.8. The number of anilines is 2. The third kappa shape index (κ3) is 6.87. The van der Waals surface area contributed by atoms with E-state index in [2.05, 4.69) is 40.5 Å². The number of carbonyl (C=O) groups excluding carboxylic acids is 1. The summed E-state index contributed by atoms with van der Waals surface area (Å²) in [6.07, 6.45) is 3.46. The predicted molar refractivity (Wildman–Crippen MR) is 113 cm³/mol. The highest BCUT2D eigenvalue weighted by Gasteiger charge is 2.21. The Hall–Kier alpha value is -1.75. The van der Waals surface area contributed by atoms with Gasteiger partial charge in [-0.3, -0.25) is 9.69 Å². The molecule has 1 saturated heterocycles. The maximum Gasteiger partial charge on any atom is 0.238 e. The van der Waals surface area contributed by atoms with Gasteiger partial charge in [0.15, 0.2) is 0 Å². The minimum absolute atomic E-state index is 0. The van der Waals surface area contributed by atoms with Gasteiger partial charge in [-0.2, -0.15) is 0 Å². The van der Waals surface area contributed by atoms with Crippen molar-refractivity contribution in [3.8, 4) is 0 Å². The Morgan fingerprint density at radius 2 is 1.62 bits per heavy atom. The molecule has 6 heteroatoms. The van der Waals surface area contributed by atoms with Gasteiger partial charge in [-0.25, -0.2) is 0 Å². The lowest BCUT2D eigenvalue weighted by Gasteiger charge is -2.31. The quantitative estimate of drug-likeness (QED) is 0.751. The number of hydrogen-bond donors (Lipinski definition) is 2. The van der Waals surface area contributed by atoms with E-state index in [0.29, 0.717) is 12.2 Å². The van der Waals surface area contributed by atoms with Crippen molar-refractivity contribution in [1.82, 2.24) is 4.90 Å². The molecule has 0 unspecified atom stereocenters. The summed E-state index contributed by atoms with van der Waals surface area (Å²) >= 11 is 0. The Balaban J connectivity index is 0.00000169. The molecule has 0 aliphatic carbocycles. The van der Waals surface area contributed by atoms with Crippen LogP contribution in [0.4, 0.5) is 11.4 Å². The second kappa shape index (κ2) is 11.1. The molecule has 142 valence electrons. The molecule has 1 aliphatic rings. The number of piperidine rings is 1. The van der Waals surface area contributed by atoms with Crippen molar-refractivity contribution < 1.29 is 4.79 Å². The number of amides is 1. The molecule has 0 bridgehead atoms. The summed E-state index contributed by atoms with van der Waals surface area (Å²) in [6, 6.07) is 17.9. The summed E-state index contributed by atoms with van der Waals surface area (Å²) in [4.78, 5) is 14.4. The number of halogens is 2. The van der Waals surface area contributed by atoms with Crippen molar-refractivity contribution >= 4 is 42.1 Å². The molecule has 0 spiro atoms. The molecule has 1 aliphatic heterocycles. The van der Waals surface area contributed by atoms with Crippen molar-refractivity contribution in [2.24, 2.45) is 5.92 Å². The lowest BCUT2D eigenvalue weighted by molar-refractivity contribution is -0.117. The fourth-order valence-electron chi connectivity index (χ4n) is 3.27. The van der Waals surface area contributed by atoms with Gasteiger partial charge in [0.2, 0.25) is 5.91 Å². The van der Waals surface area contributed by atoms with Crippen LogP contribution in [0.5, 0.6) is 0 Å². The molecule has 4 nitrogen and oxygen atoms in total. The van der Waals surface area contributed by atoms with Crippen molar-refractivity contribution in [3.63, 3.8) is 0 Å². The number of benzene rings is 2. The van der Waals surface area contributed by atoms with E-state index < -0.39 is 0 Å². The lowest BCUT2D eigenvalue weighted by Crippen LogP contribution is -2.39. The van der Waals surface area contributed by atoms with Crippen LogP contribution >= 0.6 is 24.8 Å². The van der Waals surface area contributed by atoms with Crippen molar-refractivity contribution in [2.45, 2.75) is 19.3 Å². The first-order valence-corrected chi connectivity index (χ1v) is 8.61. The minimum atomic E-state index is 0. The van der Waals surface area contributed by atoms with Crippen molar-refractivity contribution in [3.05, 3.63) is 60.2 Å². The van der Waals surface area contributed by atoms with E-state index in [-0.39, 0.29) is 30.7 Å². The van der Waals surface area contributed by atoms with Crippen LogP contribution in [0.25, 0.3) is 0 Å². The van der Waals surface area contributed by atoms with Crippen LogP contribution in [0.2, 0.25) is 0 Å². The first-order chi connectivity index (χ1) is 11.7. The van der Waals surface area contributed by atoms with Gasteiger partial charge in [0.05, 0.1) is 6.54 Å². The number of hydrogen-bond acceptors (Lipinski definition) is 3. The summed E-state index contributed by atoms with van der Waals surface area (Å²) in [5, 5.41) is 2.93. The van der Waals surface area contributed by atoms with Crippen LogP contribution in [0.3, 0.4) is 0 Å². The highest BCUT2D eigenvalue weighted by molar-refractivity contribution is 5.92. The summed E-state index contributed by atoms with van der Waals surface area (Å²) in [6.45, 7) is 2.45. The highest BCUT2D eigenvalue weighted by Crippen LogP contribution is 2.21. The van der Waals surface area contributed by atoms with Crippen LogP contribution in [-0.4, -0.2) is 30.4 Å². The van der Waals surface area contributed by atoms with E-state index in [1.165, 1.54) is 5.56 Å². The summed E-state index contributed by atoms with van der Waals surface area (Å²) < 4.78 is 0. The van der Waals surface area contributed by atoms with Crippen LogP contribution < -0.4 is 11.1 Å². The molecule has 2 aromatic rings. The van der Waals surface area contributed by atoms with Crippen LogP contribution in [0, 0.1) is 5.92 Å². The van der Waals surface area contributed by atoms with E-state index in [1.807, 2.05) is 12.1 Å². The topological polar surface area (TPSA) is 58.4 Å². The second-order valence-corrected chi connectivity index (χ2v) is 6.58. The number of nitrogens with zero attached hydrogens (tertiary/aromatic N) is 1. The van der Waals surface area contributed by atoms with E-state index >= 15 is 0 Å². The Morgan fingerprint density at radius 3 is 2.23 bits per heavy atom. The summed E-state index contributed by atoms with van der Waals surface area (Å²) in [5.41, 5.74) is 8.57. The standard InChI is InChI=1S/C20H25N3O.2ClH/c21-18-6-8-19(9-7-18)22-20(24)15-23-12-10-17(11-13-23)14-16-4-2-1-3-5-16;;/h1-9,17H,10-15,21H2,(H,22,24);2*1H. The minimum Gasteiger partial charge on any atom is -0.399 e. The number of nitrogens with two attached hydrogens (primary N) is 1. The average molecular weight is 396 g/mol. The second-order valence-electron chi connectivity index (χ2n) is 6.58. The van der Waals surface area contributed by atoms with Crippen LogP contribution in [0.15, 0.2) is 54.6 Å². The van der Waals surface area contributed by atoms with E-state index in [0.717, 1.165) is 44.0 Å². The molecule has 3 rings (SSSR count). The molecule has 3 N–H and O–H groups in total. The first-order valence-electron chi connectivity index (χ1n) is 8.61. The largest absolute Gasteiger partial charge is 0.399 e. The normalized spacial score (nSPS) is 14.8. The molecule has 0 saturated carbocycles. The molecule has 26 heavy (non-hydrogen) atoms. The smallest absolute Gasteiger partial charge is 0.238 e. The zero-order valence-corrected chi connectivity index (χ0v) is 16.4. The van der Waals surface area contributed by atoms with Gasteiger partial charge in [0, 0.05) is 11.4 Å². The van der Waals surface area contributed by atoms with E-state index in [4.69, 9.17) is 5.73 Å². The number of carbonyl (C=O) groups is 1.